The number of fused-ring (bicyclic) bond motifs is 3. The zero-order valence-corrected chi connectivity index (χ0v) is 41.1. The van der Waals surface area contributed by atoms with Gasteiger partial charge < -0.3 is 58.2 Å². The van der Waals surface area contributed by atoms with E-state index in [1.807, 2.05) is 100.0 Å². The van der Waals surface area contributed by atoms with Crippen molar-refractivity contribution in [2.45, 2.75) is 64.3 Å². The van der Waals surface area contributed by atoms with E-state index >= 15 is 0 Å². The molecule has 4 unspecified atom stereocenters. The Hall–Kier alpha value is -7.32. The Labute approximate surface area is 404 Å². The third kappa shape index (κ3) is 11.2. The van der Waals surface area contributed by atoms with Crippen LogP contribution >= 0.6 is 0 Å². The maximum atomic E-state index is 6.44. The van der Waals surface area contributed by atoms with Crippen molar-refractivity contribution >= 4 is 35.8 Å². The lowest BCUT2D eigenvalue weighted by Gasteiger charge is -2.35. The molecular formula is C48H65N15O6. The van der Waals surface area contributed by atoms with Crippen molar-refractivity contribution in [3.63, 3.8) is 0 Å². The summed E-state index contributed by atoms with van der Waals surface area (Å²) >= 11 is 0. The Morgan fingerprint density at radius 3 is 1.88 bits per heavy atom. The van der Waals surface area contributed by atoms with Crippen molar-refractivity contribution in [2.24, 2.45) is 30.0 Å². The average Bonchev–Trinajstić information content (AvgIpc) is 4.10. The van der Waals surface area contributed by atoms with E-state index in [9.17, 15) is 0 Å². The minimum atomic E-state index is -0.556. The van der Waals surface area contributed by atoms with E-state index in [0.29, 0.717) is 56.7 Å². The fourth-order valence-corrected chi connectivity index (χ4v) is 8.60. The molecule has 0 bridgehead atoms. The predicted octanol–water partition coefficient (Wildman–Crippen LogP) is 2.84. The highest BCUT2D eigenvalue weighted by atomic mass is 16.7. The Kier molecular flexibility index (Phi) is 13.9. The molecule has 368 valence electrons. The van der Waals surface area contributed by atoms with Crippen LogP contribution in [0.4, 0.5) is 0 Å². The second-order valence-corrected chi connectivity index (χ2v) is 18.1. The third-order valence-corrected chi connectivity index (χ3v) is 12.3. The van der Waals surface area contributed by atoms with Crippen LogP contribution in [0, 0.1) is 0 Å². The van der Waals surface area contributed by atoms with Gasteiger partial charge in [-0.05, 0) is 86.2 Å². The summed E-state index contributed by atoms with van der Waals surface area (Å²) in [4.78, 5) is 41.8. The van der Waals surface area contributed by atoms with Crippen molar-refractivity contribution in [1.29, 1.82) is 0 Å². The molecule has 4 atom stereocenters. The first-order valence-electron chi connectivity index (χ1n) is 23.5. The van der Waals surface area contributed by atoms with Gasteiger partial charge in [0.2, 0.25) is 43.4 Å². The lowest BCUT2D eigenvalue weighted by Crippen LogP contribution is -2.57. The van der Waals surface area contributed by atoms with Gasteiger partial charge in [0, 0.05) is 81.9 Å². The van der Waals surface area contributed by atoms with Crippen molar-refractivity contribution in [1.82, 2.24) is 45.3 Å². The van der Waals surface area contributed by atoms with Crippen LogP contribution in [-0.2, 0) is 19.3 Å². The molecule has 6 aliphatic heterocycles. The van der Waals surface area contributed by atoms with E-state index in [1.165, 1.54) is 0 Å². The minimum absolute atomic E-state index is 0.148. The Morgan fingerprint density at radius 2 is 1.19 bits per heavy atom. The molecule has 3 aromatic carbocycles. The summed E-state index contributed by atoms with van der Waals surface area (Å²) in [5, 5.41) is 10.5. The van der Waals surface area contributed by atoms with Gasteiger partial charge >= 0.3 is 0 Å². The van der Waals surface area contributed by atoms with Gasteiger partial charge in [-0.15, -0.1) is 0 Å². The summed E-state index contributed by atoms with van der Waals surface area (Å²) in [6.45, 7) is 7.48. The molecule has 3 N–H and O–H groups in total. The van der Waals surface area contributed by atoms with Crippen LogP contribution in [0.5, 0.6) is 34.5 Å². The Balaban J connectivity index is 0.873. The van der Waals surface area contributed by atoms with Crippen LogP contribution in [0.25, 0.3) is 0 Å². The molecular weight excluding hydrogens is 883 g/mol. The van der Waals surface area contributed by atoms with Gasteiger partial charge in [0.05, 0.1) is 6.54 Å². The molecule has 0 aliphatic carbocycles. The quantitative estimate of drug-likeness (QED) is 0.214. The van der Waals surface area contributed by atoms with Gasteiger partial charge in [0.25, 0.3) is 6.29 Å². The van der Waals surface area contributed by atoms with Crippen molar-refractivity contribution < 1.29 is 28.4 Å². The molecule has 21 heteroatoms. The van der Waals surface area contributed by atoms with Crippen LogP contribution in [0.3, 0.4) is 0 Å². The number of aliphatic imine (C=N–C) groups is 6. The Morgan fingerprint density at radius 1 is 0.594 bits per heavy atom. The van der Waals surface area contributed by atoms with Crippen LogP contribution in [0.2, 0.25) is 0 Å². The van der Waals surface area contributed by atoms with Gasteiger partial charge in [-0.3, -0.25) is 20.5 Å². The van der Waals surface area contributed by atoms with Crippen LogP contribution in [-0.4, -0.2) is 186 Å². The number of rotatable bonds is 14. The van der Waals surface area contributed by atoms with Gasteiger partial charge in [-0.1, -0.05) is 18.2 Å². The summed E-state index contributed by atoms with van der Waals surface area (Å²) in [5.41, 5.74) is 3.38. The Bertz CT molecular complexity index is 2540. The molecule has 21 nitrogen and oxygen atoms in total. The molecule has 0 saturated heterocycles. The third-order valence-electron chi connectivity index (χ3n) is 12.3. The zero-order chi connectivity index (χ0) is 48.2. The van der Waals surface area contributed by atoms with E-state index in [2.05, 4.69) is 68.1 Å². The fraction of sp³-hybridized carbons (Fsp3) is 0.500. The number of benzene rings is 3. The highest BCUT2D eigenvalue weighted by Gasteiger charge is 2.31. The van der Waals surface area contributed by atoms with Crippen molar-refractivity contribution in [3.8, 4) is 34.5 Å². The van der Waals surface area contributed by atoms with Gasteiger partial charge in [-0.25, -0.2) is 25.0 Å². The van der Waals surface area contributed by atoms with Crippen molar-refractivity contribution in [3.05, 3.63) is 71.3 Å². The highest BCUT2D eigenvalue weighted by Crippen LogP contribution is 2.36. The molecule has 6 heterocycles. The smallest absolute Gasteiger partial charge is 0.258 e. The van der Waals surface area contributed by atoms with E-state index in [0.717, 1.165) is 88.7 Å². The molecule has 0 fully saturated rings. The summed E-state index contributed by atoms with van der Waals surface area (Å²) in [5.74, 6) is 9.03. The maximum Gasteiger partial charge on any atom is 0.258 e. The number of likely N-dealkylation sites (N-methyl/N-ethyl adjacent to an activating group) is 2. The largest absolute Gasteiger partial charge is 0.454 e. The topological polar surface area (TPSA) is 185 Å². The maximum absolute atomic E-state index is 6.44. The van der Waals surface area contributed by atoms with E-state index in [4.69, 9.17) is 53.4 Å². The van der Waals surface area contributed by atoms with Crippen LogP contribution in [0.1, 0.15) is 37.0 Å². The fourth-order valence-electron chi connectivity index (χ4n) is 8.60. The summed E-state index contributed by atoms with van der Waals surface area (Å²) < 4.78 is 35.2. The van der Waals surface area contributed by atoms with Gasteiger partial charge in [0.15, 0.2) is 40.5 Å². The first-order valence-corrected chi connectivity index (χ1v) is 23.5. The average molecular weight is 948 g/mol. The lowest BCUT2D eigenvalue weighted by molar-refractivity contribution is 0.0342. The molecule has 3 aromatic rings. The second-order valence-electron chi connectivity index (χ2n) is 18.1. The predicted molar refractivity (Wildman–Crippen MR) is 266 cm³/mol. The van der Waals surface area contributed by atoms with E-state index < -0.39 is 6.29 Å². The van der Waals surface area contributed by atoms with Gasteiger partial charge in [0.1, 0.15) is 18.5 Å². The lowest BCUT2D eigenvalue weighted by atomic mass is 10.1. The number of nitrogens with one attached hydrogen (secondary N) is 3. The molecule has 69 heavy (non-hydrogen) atoms. The first-order chi connectivity index (χ1) is 33.3. The number of ether oxygens (including phenoxy) is 6. The molecule has 0 aromatic heterocycles. The molecule has 0 saturated carbocycles. The SMILES string of the molecule is CC1N=C(N(C)C)NC(N(CCc2ccc3c(c2)OCO3)CCC2N=C(N(C)CC3Oc4ccc(CCN(C)C5=NC(C)N=C(N(C)C)N5C)cc4O3)NC(=NCCc3ccc4c(c3)OCO4)N2)=N1. The number of hydrogen-bond acceptors (Lipinski definition) is 19. The molecule has 0 radical (unpaired) electrons. The first kappa shape index (κ1) is 46.8. The van der Waals surface area contributed by atoms with Gasteiger partial charge in [-0.2, -0.15) is 0 Å². The van der Waals surface area contributed by atoms with Crippen LogP contribution < -0.4 is 44.4 Å². The number of hydrogen-bond donors (Lipinski definition) is 3. The molecule has 0 spiro atoms. The summed E-state index contributed by atoms with van der Waals surface area (Å²) in [6.07, 6.45) is 1.62. The summed E-state index contributed by atoms with van der Waals surface area (Å²) in [7, 11) is 14.0. The summed E-state index contributed by atoms with van der Waals surface area (Å²) in [6, 6.07) is 18.3. The molecule has 9 rings (SSSR count). The van der Waals surface area contributed by atoms with Crippen LogP contribution in [0.15, 0.2) is 84.6 Å². The number of guanidine groups is 6. The van der Waals surface area contributed by atoms with E-state index in [-0.39, 0.29) is 32.1 Å². The molecule has 0 amide bonds. The zero-order valence-electron chi connectivity index (χ0n) is 41.1. The van der Waals surface area contributed by atoms with Crippen molar-refractivity contribution in [2.75, 3.05) is 95.6 Å². The highest BCUT2D eigenvalue weighted by molar-refractivity contribution is 6.01. The second kappa shape index (κ2) is 20.5. The van der Waals surface area contributed by atoms with E-state index in [1.54, 1.807) is 0 Å². The minimum Gasteiger partial charge on any atom is -0.454 e. The number of nitrogens with zero attached hydrogens (tertiary/aromatic N) is 12. The molecule has 6 aliphatic rings. The standard InChI is InChI=1S/C48H65N15O6/c1-30-50-44(58(3)4)57-46(51-30)63(22-18-34-11-14-36-39(25-34)67-29-65-36)23-19-41-54-43(49-20-16-32-10-13-35-38(24-32)66-28-64-35)56-45(55-41)61(8)27-42-68-37-15-12-33(26-40(37)69-42)17-21-60(7)48-53-31(2)52-47(59(5)6)62(48)9/h10-15,24-26,30-31,41-42H,16-23,27-29H2,1-9H3,(H,50,51,57)(H2,49,54,55,56). The normalized spacial score (nSPS) is 21.3. The monoisotopic (exact) mass is 948 g/mol.